The number of rotatable bonds is 2. The summed E-state index contributed by atoms with van der Waals surface area (Å²) in [4.78, 5) is 14.9. The monoisotopic (exact) mass is 296 g/mol. The number of hydrogen-bond acceptors (Lipinski definition) is 3. The minimum Gasteiger partial charge on any atom is -0.333 e. The average Bonchev–Trinajstić information content (AvgIpc) is 3.17. The molecule has 4 rings (SSSR count). The Bertz CT molecular complexity index is 721. The molecule has 0 unspecified atom stereocenters. The van der Waals surface area contributed by atoms with E-state index in [9.17, 15) is 4.79 Å². The molecule has 2 heterocycles. The van der Waals surface area contributed by atoms with Crippen molar-refractivity contribution in [3.63, 3.8) is 0 Å². The van der Waals surface area contributed by atoms with Gasteiger partial charge in [0, 0.05) is 19.5 Å². The summed E-state index contributed by atoms with van der Waals surface area (Å²) in [5.41, 5.74) is 2.54. The maximum Gasteiger partial charge on any atom is 0.230 e. The average molecular weight is 296 g/mol. The van der Waals surface area contributed by atoms with Crippen LogP contribution in [0.25, 0.3) is 0 Å². The van der Waals surface area contributed by atoms with Gasteiger partial charge in [-0.05, 0) is 24.0 Å². The van der Waals surface area contributed by atoms with E-state index in [1.54, 1.807) is 0 Å². The number of carbonyl (C=O) groups is 1. The molecule has 1 aliphatic carbocycles. The van der Waals surface area contributed by atoms with Crippen molar-refractivity contribution in [2.24, 2.45) is 0 Å². The molecule has 2 aromatic rings. The molecule has 0 saturated heterocycles. The second-order valence-corrected chi connectivity index (χ2v) is 6.09. The van der Waals surface area contributed by atoms with Crippen LogP contribution in [0.2, 0.25) is 0 Å². The zero-order valence-corrected chi connectivity index (χ0v) is 12.8. The van der Waals surface area contributed by atoms with E-state index in [1.807, 2.05) is 11.0 Å². The second-order valence-electron chi connectivity index (χ2n) is 6.09. The van der Waals surface area contributed by atoms with Gasteiger partial charge in [-0.1, -0.05) is 31.2 Å². The summed E-state index contributed by atoms with van der Waals surface area (Å²) < 4.78 is 2.16. The molecule has 0 spiro atoms. The lowest BCUT2D eigenvalue weighted by atomic mass is 9.99. The normalized spacial score (nSPS) is 19.9. The highest BCUT2D eigenvalue weighted by Gasteiger charge is 2.33. The van der Waals surface area contributed by atoms with Crippen LogP contribution in [0.4, 0.5) is 0 Å². The molecule has 5 heteroatoms. The van der Waals surface area contributed by atoms with Crippen LogP contribution in [0.15, 0.2) is 24.3 Å². The minimum atomic E-state index is 0.0244. The third-order valence-corrected chi connectivity index (χ3v) is 4.89. The molecule has 22 heavy (non-hydrogen) atoms. The Hall–Kier alpha value is -2.17. The lowest BCUT2D eigenvalue weighted by Gasteiger charge is -2.30. The largest absolute Gasteiger partial charge is 0.333 e. The predicted molar refractivity (Wildman–Crippen MR) is 82.3 cm³/mol. The molecule has 1 aromatic heterocycles. The van der Waals surface area contributed by atoms with Gasteiger partial charge in [-0.3, -0.25) is 4.79 Å². The van der Waals surface area contributed by atoms with Crippen LogP contribution in [0, 0.1) is 0 Å². The number of nitrogens with zero attached hydrogens (tertiary/aromatic N) is 4. The summed E-state index contributed by atoms with van der Waals surface area (Å²) in [7, 11) is 0. The maximum atomic E-state index is 12.9. The van der Waals surface area contributed by atoms with Crippen LogP contribution in [0.1, 0.15) is 42.0 Å². The van der Waals surface area contributed by atoms with E-state index < -0.39 is 0 Å². The van der Waals surface area contributed by atoms with Gasteiger partial charge < -0.3 is 9.47 Å². The number of fused-ring (bicyclic) bond motifs is 2. The highest BCUT2D eigenvalue weighted by atomic mass is 16.2. The second kappa shape index (κ2) is 5.23. The zero-order valence-electron chi connectivity index (χ0n) is 12.8. The predicted octanol–water partition coefficient (Wildman–Crippen LogP) is 1.91. The fraction of sp³-hybridized carbons (Fsp3) is 0.471. The Morgan fingerprint density at radius 3 is 3.00 bits per heavy atom. The first-order valence-electron chi connectivity index (χ1n) is 8.05. The number of benzene rings is 1. The summed E-state index contributed by atoms with van der Waals surface area (Å²) in [6.45, 7) is 4.25. The Balaban J connectivity index is 1.55. The van der Waals surface area contributed by atoms with Crippen molar-refractivity contribution >= 4 is 5.91 Å². The topological polar surface area (TPSA) is 51.0 Å². The van der Waals surface area contributed by atoms with Gasteiger partial charge in [0.2, 0.25) is 5.91 Å². The van der Waals surface area contributed by atoms with E-state index >= 15 is 0 Å². The van der Waals surface area contributed by atoms with Crippen LogP contribution in [-0.2, 0) is 30.7 Å². The molecular weight excluding hydrogens is 276 g/mol. The van der Waals surface area contributed by atoms with Gasteiger partial charge in [0.1, 0.15) is 5.82 Å². The Morgan fingerprint density at radius 2 is 2.14 bits per heavy atom. The molecule has 5 nitrogen and oxygen atoms in total. The third-order valence-electron chi connectivity index (χ3n) is 4.89. The van der Waals surface area contributed by atoms with Crippen molar-refractivity contribution in [2.45, 2.75) is 45.2 Å². The Morgan fingerprint density at radius 1 is 1.27 bits per heavy atom. The molecular formula is C17H20N4O. The summed E-state index contributed by atoms with van der Waals surface area (Å²) in [6, 6.07) is 8.33. The van der Waals surface area contributed by atoms with Gasteiger partial charge in [-0.15, -0.1) is 10.2 Å². The first-order valence-corrected chi connectivity index (χ1v) is 8.05. The van der Waals surface area contributed by atoms with E-state index in [4.69, 9.17) is 0 Å². The van der Waals surface area contributed by atoms with Crippen LogP contribution < -0.4 is 0 Å². The van der Waals surface area contributed by atoms with Crippen LogP contribution >= 0.6 is 0 Å². The van der Waals surface area contributed by atoms with Crippen molar-refractivity contribution in [1.29, 1.82) is 0 Å². The van der Waals surface area contributed by atoms with Crippen molar-refractivity contribution in [2.75, 3.05) is 6.54 Å². The van der Waals surface area contributed by atoms with Gasteiger partial charge in [-0.25, -0.2) is 0 Å². The van der Waals surface area contributed by atoms with E-state index in [0.29, 0.717) is 6.54 Å². The van der Waals surface area contributed by atoms with Gasteiger partial charge in [0.15, 0.2) is 5.82 Å². The molecule has 1 atom stereocenters. The molecule has 2 aliphatic rings. The van der Waals surface area contributed by atoms with Crippen molar-refractivity contribution in [3.8, 4) is 0 Å². The van der Waals surface area contributed by atoms with Crippen molar-refractivity contribution < 1.29 is 4.79 Å². The number of aromatic nitrogens is 3. The number of amides is 1. The number of aryl methyl sites for hydroxylation is 2. The summed E-state index contributed by atoms with van der Waals surface area (Å²) in [5.74, 6) is 2.21. The van der Waals surface area contributed by atoms with E-state index in [0.717, 1.165) is 44.0 Å². The van der Waals surface area contributed by atoms with Crippen molar-refractivity contribution in [1.82, 2.24) is 19.7 Å². The Kier molecular flexibility index (Phi) is 3.21. The van der Waals surface area contributed by atoms with Crippen LogP contribution in [-0.4, -0.2) is 32.1 Å². The molecule has 1 aromatic carbocycles. The van der Waals surface area contributed by atoms with Crippen LogP contribution in [0.3, 0.4) is 0 Å². The Labute approximate surface area is 130 Å². The highest BCUT2D eigenvalue weighted by Crippen LogP contribution is 2.34. The first kappa shape index (κ1) is 13.5. The fourth-order valence-electron chi connectivity index (χ4n) is 3.70. The molecule has 0 bridgehead atoms. The molecule has 0 N–H and O–H groups in total. The quantitative estimate of drug-likeness (QED) is 0.850. The number of hydrogen-bond donors (Lipinski definition) is 0. The third kappa shape index (κ3) is 2.03. The lowest BCUT2D eigenvalue weighted by Crippen LogP contribution is -2.41. The molecule has 0 fully saturated rings. The molecule has 1 aliphatic heterocycles. The van der Waals surface area contributed by atoms with E-state index in [-0.39, 0.29) is 11.8 Å². The minimum absolute atomic E-state index is 0.0244. The van der Waals surface area contributed by atoms with Gasteiger partial charge in [-0.2, -0.15) is 0 Å². The smallest absolute Gasteiger partial charge is 0.230 e. The standard InChI is InChI=1S/C17H20N4O/c1-2-15-18-19-16-11-20(9-10-21(15)16)17(22)14-8-7-12-5-3-4-6-13(12)14/h3-6,14H,2,7-11H2,1H3/t14-/m1/s1. The molecule has 0 saturated carbocycles. The van der Waals surface area contributed by atoms with Gasteiger partial charge in [0.25, 0.3) is 0 Å². The zero-order chi connectivity index (χ0) is 15.1. The summed E-state index contributed by atoms with van der Waals surface area (Å²) >= 11 is 0. The SMILES string of the molecule is CCc1nnc2n1CCN(C(=O)[C@@H]1CCc3ccccc31)C2. The number of carbonyl (C=O) groups excluding carboxylic acids is 1. The molecule has 114 valence electrons. The van der Waals surface area contributed by atoms with Crippen molar-refractivity contribution in [3.05, 3.63) is 47.0 Å². The first-order chi connectivity index (χ1) is 10.8. The van der Waals surface area contributed by atoms with Crippen LogP contribution in [0.5, 0.6) is 0 Å². The van der Waals surface area contributed by atoms with Gasteiger partial charge in [0.05, 0.1) is 12.5 Å². The molecule has 0 radical (unpaired) electrons. The van der Waals surface area contributed by atoms with Gasteiger partial charge >= 0.3 is 0 Å². The summed E-state index contributed by atoms with van der Waals surface area (Å²) in [5, 5.41) is 8.47. The van der Waals surface area contributed by atoms with E-state index in [2.05, 4.69) is 39.9 Å². The summed E-state index contributed by atoms with van der Waals surface area (Å²) in [6.07, 6.45) is 2.83. The van der Waals surface area contributed by atoms with E-state index in [1.165, 1.54) is 11.1 Å². The molecule has 1 amide bonds. The lowest BCUT2D eigenvalue weighted by molar-refractivity contribution is -0.134. The fourth-order valence-corrected chi connectivity index (χ4v) is 3.70. The highest BCUT2D eigenvalue weighted by molar-refractivity contribution is 5.85. The maximum absolute atomic E-state index is 12.9.